The topological polar surface area (TPSA) is 101 Å². The Morgan fingerprint density at radius 3 is 3.00 bits per heavy atom. The fourth-order valence-corrected chi connectivity index (χ4v) is 3.25. The normalized spacial score (nSPS) is 19.3. The highest BCUT2D eigenvalue weighted by Crippen LogP contribution is 2.37. The molecule has 1 aliphatic heterocycles. The second kappa shape index (κ2) is 4.50. The number of rotatable bonds is 2. The van der Waals surface area contributed by atoms with Gasteiger partial charge in [0.25, 0.3) is 5.91 Å². The Hall–Kier alpha value is -1.60. The predicted octanol–water partition coefficient (Wildman–Crippen LogP) is 0.962. The van der Waals surface area contributed by atoms with Crippen LogP contribution < -0.4 is 16.4 Å². The summed E-state index contributed by atoms with van der Waals surface area (Å²) in [5.41, 5.74) is 13.2. The molecule has 0 saturated carbocycles. The van der Waals surface area contributed by atoms with Crippen molar-refractivity contribution in [3.63, 3.8) is 0 Å². The van der Waals surface area contributed by atoms with Gasteiger partial charge in [0, 0.05) is 30.7 Å². The number of amides is 1. The minimum atomic E-state index is -0.548. The monoisotopic (exact) mass is 323 g/mol. The third kappa shape index (κ3) is 1.98. The molecule has 1 fully saturated rings. The van der Waals surface area contributed by atoms with Crippen LogP contribution in [0.15, 0.2) is 16.7 Å². The molecule has 1 atom stereocenters. The standard InChI is InChI=1S/C12H14BrN5O/c13-8-9(11(15)19)17-12-7(1-3-16-12)10(8)18-4-2-6(14)5-18/h1,3,6H,2,4-5,14H2,(H2,15,19)(H,16,17)/t6-/m1/s1. The number of aromatic amines is 1. The van der Waals surface area contributed by atoms with Crippen molar-refractivity contribution in [2.75, 3.05) is 18.0 Å². The van der Waals surface area contributed by atoms with Crippen molar-refractivity contribution in [3.8, 4) is 0 Å². The maximum absolute atomic E-state index is 11.5. The number of nitrogens with two attached hydrogens (primary N) is 2. The molecule has 2 aromatic heterocycles. The summed E-state index contributed by atoms with van der Waals surface area (Å²) in [6.45, 7) is 1.63. The molecule has 1 saturated heterocycles. The number of aromatic nitrogens is 2. The molecule has 6 nitrogen and oxygen atoms in total. The lowest BCUT2D eigenvalue weighted by Gasteiger charge is -2.21. The number of carbonyl (C=O) groups excluding carboxylic acids is 1. The van der Waals surface area contributed by atoms with Crippen LogP contribution in [0.5, 0.6) is 0 Å². The smallest absolute Gasteiger partial charge is 0.268 e. The summed E-state index contributed by atoms with van der Waals surface area (Å²) < 4.78 is 0.640. The number of anilines is 1. The Morgan fingerprint density at radius 2 is 2.37 bits per heavy atom. The van der Waals surface area contributed by atoms with E-state index in [-0.39, 0.29) is 11.7 Å². The molecule has 0 spiro atoms. The summed E-state index contributed by atoms with van der Waals surface area (Å²) in [6, 6.07) is 2.10. The predicted molar refractivity (Wildman–Crippen MR) is 77.1 cm³/mol. The Labute approximate surface area is 118 Å². The molecular formula is C12H14BrN5O. The van der Waals surface area contributed by atoms with Gasteiger partial charge >= 0.3 is 0 Å². The summed E-state index contributed by atoms with van der Waals surface area (Å²) in [4.78, 5) is 20.9. The van der Waals surface area contributed by atoms with Crippen molar-refractivity contribution in [3.05, 3.63) is 22.4 Å². The number of halogens is 1. The van der Waals surface area contributed by atoms with E-state index in [1.54, 1.807) is 6.20 Å². The van der Waals surface area contributed by atoms with Crippen molar-refractivity contribution >= 4 is 38.6 Å². The lowest BCUT2D eigenvalue weighted by molar-refractivity contribution is 0.0995. The molecule has 1 amide bonds. The van der Waals surface area contributed by atoms with Crippen LogP contribution in [0.4, 0.5) is 5.69 Å². The van der Waals surface area contributed by atoms with Crippen LogP contribution in [-0.4, -0.2) is 35.0 Å². The van der Waals surface area contributed by atoms with Gasteiger partial charge in [-0.25, -0.2) is 4.98 Å². The van der Waals surface area contributed by atoms with Crippen LogP contribution in [-0.2, 0) is 0 Å². The lowest BCUT2D eigenvalue weighted by Crippen LogP contribution is -2.27. The summed E-state index contributed by atoms with van der Waals surface area (Å²) in [7, 11) is 0. The van der Waals surface area contributed by atoms with E-state index < -0.39 is 5.91 Å². The number of primary amides is 1. The molecule has 3 heterocycles. The Kier molecular flexibility index (Phi) is 2.94. The first-order chi connectivity index (χ1) is 9.08. The first-order valence-corrected chi connectivity index (χ1v) is 6.84. The number of nitrogens with zero attached hydrogens (tertiary/aromatic N) is 2. The fourth-order valence-electron chi connectivity index (χ4n) is 2.50. The number of H-pyrrole nitrogens is 1. The third-order valence-corrected chi connectivity index (χ3v) is 4.15. The molecule has 0 radical (unpaired) electrons. The van der Waals surface area contributed by atoms with Gasteiger partial charge in [0.05, 0.1) is 10.2 Å². The molecule has 0 aromatic carbocycles. The van der Waals surface area contributed by atoms with E-state index >= 15 is 0 Å². The van der Waals surface area contributed by atoms with Crippen LogP contribution in [0, 0.1) is 0 Å². The average molecular weight is 324 g/mol. The van der Waals surface area contributed by atoms with E-state index in [0.717, 1.165) is 30.6 Å². The van der Waals surface area contributed by atoms with Crippen LogP contribution in [0.3, 0.4) is 0 Å². The molecule has 0 bridgehead atoms. The van der Waals surface area contributed by atoms with E-state index in [4.69, 9.17) is 11.5 Å². The number of fused-ring (bicyclic) bond motifs is 1. The quantitative estimate of drug-likeness (QED) is 0.766. The van der Waals surface area contributed by atoms with Gasteiger partial charge in [0.2, 0.25) is 0 Å². The maximum Gasteiger partial charge on any atom is 0.268 e. The van der Waals surface area contributed by atoms with Gasteiger partial charge in [-0.15, -0.1) is 0 Å². The fraction of sp³-hybridized carbons (Fsp3) is 0.333. The summed E-state index contributed by atoms with van der Waals surface area (Å²) in [5, 5.41) is 0.964. The summed E-state index contributed by atoms with van der Waals surface area (Å²) in [5.74, 6) is -0.548. The second-order valence-electron chi connectivity index (χ2n) is 4.72. The van der Waals surface area contributed by atoms with Crippen molar-refractivity contribution in [1.29, 1.82) is 0 Å². The Bertz CT molecular complexity index is 653. The van der Waals surface area contributed by atoms with Crippen molar-refractivity contribution in [2.45, 2.75) is 12.5 Å². The lowest BCUT2D eigenvalue weighted by atomic mass is 10.2. The van der Waals surface area contributed by atoms with E-state index in [1.807, 2.05) is 6.07 Å². The van der Waals surface area contributed by atoms with Crippen LogP contribution in [0.2, 0.25) is 0 Å². The number of carbonyl (C=O) groups is 1. The summed E-state index contributed by atoms with van der Waals surface area (Å²) >= 11 is 3.46. The van der Waals surface area contributed by atoms with E-state index in [0.29, 0.717) is 10.1 Å². The first kappa shape index (κ1) is 12.4. The second-order valence-corrected chi connectivity index (χ2v) is 5.51. The van der Waals surface area contributed by atoms with Crippen LogP contribution >= 0.6 is 15.9 Å². The molecule has 0 unspecified atom stereocenters. The largest absolute Gasteiger partial charge is 0.368 e. The molecular weight excluding hydrogens is 310 g/mol. The van der Waals surface area contributed by atoms with Gasteiger partial charge in [-0.05, 0) is 28.4 Å². The van der Waals surface area contributed by atoms with Crippen LogP contribution in [0.1, 0.15) is 16.9 Å². The first-order valence-electron chi connectivity index (χ1n) is 6.05. The molecule has 5 N–H and O–H groups in total. The third-order valence-electron chi connectivity index (χ3n) is 3.39. The maximum atomic E-state index is 11.5. The van der Waals surface area contributed by atoms with Gasteiger partial charge in [0.1, 0.15) is 11.3 Å². The zero-order valence-electron chi connectivity index (χ0n) is 10.2. The Balaban J connectivity index is 2.23. The highest BCUT2D eigenvalue weighted by Gasteiger charge is 2.26. The zero-order valence-corrected chi connectivity index (χ0v) is 11.8. The van der Waals surface area contributed by atoms with Crippen molar-refractivity contribution in [1.82, 2.24) is 9.97 Å². The molecule has 19 heavy (non-hydrogen) atoms. The average Bonchev–Trinajstić information content (AvgIpc) is 2.96. The Morgan fingerprint density at radius 1 is 1.58 bits per heavy atom. The number of hydrogen-bond acceptors (Lipinski definition) is 4. The van der Waals surface area contributed by atoms with E-state index in [1.165, 1.54) is 0 Å². The molecule has 1 aliphatic rings. The number of pyridine rings is 1. The van der Waals surface area contributed by atoms with Gasteiger partial charge in [0.15, 0.2) is 0 Å². The molecule has 7 heteroatoms. The number of nitrogens with one attached hydrogen (secondary N) is 1. The van der Waals surface area contributed by atoms with Gasteiger partial charge in [-0.3, -0.25) is 4.79 Å². The van der Waals surface area contributed by atoms with Crippen molar-refractivity contribution in [2.24, 2.45) is 11.5 Å². The highest BCUT2D eigenvalue weighted by atomic mass is 79.9. The van der Waals surface area contributed by atoms with Gasteiger partial charge < -0.3 is 21.4 Å². The minimum Gasteiger partial charge on any atom is -0.368 e. The summed E-state index contributed by atoms with van der Waals surface area (Å²) in [6.07, 6.45) is 2.74. The number of hydrogen-bond donors (Lipinski definition) is 3. The van der Waals surface area contributed by atoms with E-state index in [2.05, 4.69) is 30.8 Å². The molecule has 0 aliphatic carbocycles. The van der Waals surface area contributed by atoms with Crippen molar-refractivity contribution < 1.29 is 4.79 Å². The molecule has 2 aromatic rings. The van der Waals surface area contributed by atoms with E-state index in [9.17, 15) is 4.79 Å². The zero-order chi connectivity index (χ0) is 13.6. The van der Waals surface area contributed by atoms with Gasteiger partial charge in [-0.1, -0.05) is 0 Å². The van der Waals surface area contributed by atoms with Gasteiger partial charge in [-0.2, -0.15) is 0 Å². The SMILES string of the molecule is NC(=O)c1nc2[nH]ccc2c(N2CC[C@@H](N)C2)c1Br. The minimum absolute atomic E-state index is 0.158. The van der Waals surface area contributed by atoms with Crippen LogP contribution in [0.25, 0.3) is 11.0 Å². The molecule has 3 rings (SSSR count). The highest BCUT2D eigenvalue weighted by molar-refractivity contribution is 9.10. The molecule has 100 valence electrons.